The van der Waals surface area contributed by atoms with Crippen LogP contribution >= 0.6 is 55.1 Å². The molecule has 2 nitrogen and oxygen atoms in total. The number of rotatable bonds is 3. The van der Waals surface area contributed by atoms with E-state index in [1.807, 2.05) is 0 Å². The Hall–Kier alpha value is -0.260. The van der Waals surface area contributed by atoms with Gasteiger partial charge in [0.2, 0.25) is 0 Å². The third kappa shape index (κ3) is 3.68. The highest BCUT2D eigenvalue weighted by Crippen LogP contribution is 2.39. The Kier molecular flexibility index (Phi) is 5.37. The highest BCUT2D eigenvalue weighted by atomic mass is 79.9. The number of hydrogen-bond acceptors (Lipinski definition) is 2. The van der Waals surface area contributed by atoms with Crippen molar-refractivity contribution in [1.82, 2.24) is 0 Å². The van der Waals surface area contributed by atoms with Crippen molar-refractivity contribution < 1.29 is 9.84 Å². The van der Waals surface area contributed by atoms with Crippen LogP contribution in [0.25, 0.3) is 0 Å². The second-order valence-electron chi connectivity index (χ2n) is 4.16. The first-order chi connectivity index (χ1) is 9.38. The van der Waals surface area contributed by atoms with Gasteiger partial charge >= 0.3 is 0 Å². The zero-order valence-electron chi connectivity index (χ0n) is 10.3. The van der Waals surface area contributed by atoms with E-state index in [9.17, 15) is 5.11 Å². The maximum Gasteiger partial charge on any atom is 0.147 e. The third-order valence-corrected chi connectivity index (χ3v) is 4.75. The topological polar surface area (TPSA) is 29.5 Å². The summed E-state index contributed by atoms with van der Waals surface area (Å²) in [5.41, 5.74) is 0.796. The summed E-state index contributed by atoms with van der Waals surface area (Å²) in [5.74, 6) is 1.06. The molecule has 0 aliphatic rings. The number of hydrogen-bond donors (Lipinski definition) is 1. The van der Waals surface area contributed by atoms with Gasteiger partial charge in [-0.2, -0.15) is 0 Å². The van der Waals surface area contributed by atoms with Crippen LogP contribution in [0.15, 0.2) is 39.3 Å². The van der Waals surface area contributed by atoms with Gasteiger partial charge in [-0.1, -0.05) is 29.3 Å². The first kappa shape index (κ1) is 16.1. The van der Waals surface area contributed by atoms with Gasteiger partial charge in [-0.05, 0) is 62.5 Å². The maximum absolute atomic E-state index is 9.53. The lowest BCUT2D eigenvalue weighted by molar-refractivity contribution is 0.199. The fourth-order valence-corrected chi connectivity index (χ4v) is 2.87. The minimum Gasteiger partial charge on any atom is -0.455 e. The molecule has 6 heteroatoms. The van der Waals surface area contributed by atoms with Gasteiger partial charge < -0.3 is 9.84 Å². The zero-order valence-corrected chi connectivity index (χ0v) is 15.0. The van der Waals surface area contributed by atoms with E-state index in [0.717, 1.165) is 10.0 Å². The normalized spacial score (nSPS) is 12.3. The van der Waals surface area contributed by atoms with E-state index in [0.29, 0.717) is 26.0 Å². The molecule has 1 unspecified atom stereocenters. The summed E-state index contributed by atoms with van der Waals surface area (Å²) in [5, 5.41) is 10.5. The molecule has 0 bridgehead atoms. The van der Waals surface area contributed by atoms with Crippen molar-refractivity contribution in [2.45, 2.75) is 13.0 Å². The molecule has 0 fully saturated rings. The Morgan fingerprint density at radius 2 is 1.70 bits per heavy atom. The molecule has 0 aromatic heterocycles. The van der Waals surface area contributed by atoms with E-state index in [1.54, 1.807) is 37.3 Å². The van der Waals surface area contributed by atoms with Gasteiger partial charge in [-0.3, -0.25) is 0 Å². The lowest BCUT2D eigenvalue weighted by Crippen LogP contribution is -1.93. The van der Waals surface area contributed by atoms with Crippen LogP contribution in [0.1, 0.15) is 18.6 Å². The van der Waals surface area contributed by atoms with E-state index in [1.165, 1.54) is 0 Å². The van der Waals surface area contributed by atoms with Crippen molar-refractivity contribution in [3.05, 3.63) is 54.9 Å². The molecule has 0 aliphatic carbocycles. The molecule has 0 heterocycles. The van der Waals surface area contributed by atoms with Gasteiger partial charge in [0, 0.05) is 10.5 Å². The van der Waals surface area contributed by atoms with Gasteiger partial charge in [0.1, 0.15) is 11.5 Å². The van der Waals surface area contributed by atoms with Crippen molar-refractivity contribution in [2.24, 2.45) is 0 Å². The van der Waals surface area contributed by atoms with Crippen LogP contribution in [0.5, 0.6) is 11.5 Å². The van der Waals surface area contributed by atoms with Crippen LogP contribution in [0, 0.1) is 0 Å². The van der Waals surface area contributed by atoms with E-state index in [4.69, 9.17) is 27.9 Å². The minimum atomic E-state index is -0.536. The summed E-state index contributed by atoms with van der Waals surface area (Å²) in [4.78, 5) is 0. The number of aliphatic hydroxyl groups excluding tert-OH is 1. The molecular formula is C14H10Br2Cl2O2. The molecule has 0 amide bonds. The van der Waals surface area contributed by atoms with Crippen LogP contribution in [-0.4, -0.2) is 5.11 Å². The fourth-order valence-electron chi connectivity index (χ4n) is 1.56. The summed E-state index contributed by atoms with van der Waals surface area (Å²) < 4.78 is 7.18. The molecule has 106 valence electrons. The highest BCUT2D eigenvalue weighted by molar-refractivity contribution is 9.10. The molecule has 0 spiro atoms. The molecule has 0 saturated heterocycles. The molecule has 1 atom stereocenters. The Morgan fingerprint density at radius 1 is 1.00 bits per heavy atom. The van der Waals surface area contributed by atoms with Crippen molar-refractivity contribution in [1.29, 1.82) is 0 Å². The first-order valence-electron chi connectivity index (χ1n) is 5.68. The zero-order chi connectivity index (χ0) is 14.9. The predicted molar refractivity (Wildman–Crippen MR) is 89.0 cm³/mol. The molecule has 2 aromatic rings. The van der Waals surface area contributed by atoms with Crippen molar-refractivity contribution >= 4 is 55.1 Å². The lowest BCUT2D eigenvalue weighted by atomic mass is 10.1. The number of benzene rings is 2. The van der Waals surface area contributed by atoms with E-state index < -0.39 is 6.10 Å². The van der Waals surface area contributed by atoms with Crippen LogP contribution in [0.3, 0.4) is 0 Å². The number of aliphatic hydroxyl groups is 1. The molecule has 20 heavy (non-hydrogen) atoms. The van der Waals surface area contributed by atoms with Crippen molar-refractivity contribution in [3.63, 3.8) is 0 Å². The summed E-state index contributed by atoms with van der Waals surface area (Å²) in [6.07, 6.45) is -0.536. The molecule has 0 saturated carbocycles. The Labute approximate surface area is 143 Å². The van der Waals surface area contributed by atoms with Gasteiger partial charge in [0.05, 0.1) is 20.6 Å². The van der Waals surface area contributed by atoms with Gasteiger partial charge in [-0.25, -0.2) is 0 Å². The maximum atomic E-state index is 9.53. The molecule has 0 radical (unpaired) electrons. The molecule has 1 N–H and O–H groups in total. The largest absolute Gasteiger partial charge is 0.455 e. The van der Waals surface area contributed by atoms with Crippen molar-refractivity contribution in [2.75, 3.05) is 0 Å². The fraction of sp³-hybridized carbons (Fsp3) is 0.143. The summed E-state index contributed by atoms with van der Waals surface area (Å²) in [7, 11) is 0. The monoisotopic (exact) mass is 438 g/mol. The van der Waals surface area contributed by atoms with Gasteiger partial charge in [0.15, 0.2) is 0 Å². The summed E-state index contributed by atoms with van der Waals surface area (Å²) in [6, 6.07) is 8.67. The van der Waals surface area contributed by atoms with Crippen LogP contribution in [0.2, 0.25) is 10.0 Å². The third-order valence-electron chi connectivity index (χ3n) is 2.63. The smallest absolute Gasteiger partial charge is 0.147 e. The average Bonchev–Trinajstić information content (AvgIpc) is 2.37. The Morgan fingerprint density at radius 3 is 2.30 bits per heavy atom. The van der Waals surface area contributed by atoms with E-state index in [-0.39, 0.29) is 0 Å². The number of halogens is 4. The highest BCUT2D eigenvalue weighted by Gasteiger charge is 2.11. The lowest BCUT2D eigenvalue weighted by Gasteiger charge is -2.12. The first-order valence-corrected chi connectivity index (χ1v) is 8.02. The molecule has 0 aliphatic heterocycles. The van der Waals surface area contributed by atoms with Gasteiger partial charge in [-0.15, -0.1) is 0 Å². The summed E-state index contributed by atoms with van der Waals surface area (Å²) >= 11 is 18.9. The molecule has 2 aromatic carbocycles. The van der Waals surface area contributed by atoms with Crippen LogP contribution in [0.4, 0.5) is 0 Å². The quantitative estimate of drug-likeness (QED) is 0.562. The second kappa shape index (κ2) is 6.67. The number of ether oxygens (including phenoxy) is 1. The van der Waals surface area contributed by atoms with E-state index >= 15 is 0 Å². The average molecular weight is 441 g/mol. The standard InChI is InChI=1S/C14H10Br2Cl2O2/c1-7(19)8-2-3-13(10(16)4-8)20-14-6-11(17)9(15)5-12(14)18/h2-7,19H,1H3. The second-order valence-corrected chi connectivity index (χ2v) is 6.69. The predicted octanol–water partition coefficient (Wildman–Crippen LogP) is 6.36. The Balaban J connectivity index is 2.33. The molecular weight excluding hydrogens is 431 g/mol. The van der Waals surface area contributed by atoms with Gasteiger partial charge in [0.25, 0.3) is 0 Å². The Bertz CT molecular complexity index is 645. The molecule has 2 rings (SSSR count). The van der Waals surface area contributed by atoms with E-state index in [2.05, 4.69) is 31.9 Å². The van der Waals surface area contributed by atoms with Crippen LogP contribution < -0.4 is 4.74 Å². The van der Waals surface area contributed by atoms with Crippen LogP contribution in [-0.2, 0) is 0 Å². The SMILES string of the molecule is CC(O)c1ccc(Oc2cc(Cl)c(Br)cc2Cl)c(Br)c1. The minimum absolute atomic E-state index is 0.452. The summed E-state index contributed by atoms with van der Waals surface area (Å²) in [6.45, 7) is 1.70. The van der Waals surface area contributed by atoms with Crippen molar-refractivity contribution in [3.8, 4) is 11.5 Å².